The van der Waals surface area contributed by atoms with Crippen LogP contribution in [-0.2, 0) is 30.4 Å². The van der Waals surface area contributed by atoms with Crippen molar-refractivity contribution in [3.63, 3.8) is 0 Å². The van der Waals surface area contributed by atoms with E-state index in [4.69, 9.17) is 14.2 Å². The molecule has 0 N–H and O–H groups in total. The van der Waals surface area contributed by atoms with Gasteiger partial charge < -0.3 is 14.2 Å². The molecule has 1 fully saturated rings. The van der Waals surface area contributed by atoms with Crippen LogP contribution in [0.25, 0.3) is 0 Å². The summed E-state index contributed by atoms with van der Waals surface area (Å²) >= 11 is 1.35. The molecular formula is C20H24N2O8S. The number of nitrogens with zero attached hydrogens (tertiary/aromatic N) is 2. The van der Waals surface area contributed by atoms with E-state index >= 15 is 0 Å². The van der Waals surface area contributed by atoms with Gasteiger partial charge in [-0.05, 0) is 50.3 Å². The molecule has 31 heavy (non-hydrogen) atoms. The van der Waals surface area contributed by atoms with Gasteiger partial charge in [-0.2, -0.15) is 0 Å². The van der Waals surface area contributed by atoms with Gasteiger partial charge in [0.2, 0.25) is 5.91 Å². The molecule has 11 heteroatoms. The van der Waals surface area contributed by atoms with E-state index in [2.05, 4.69) is 0 Å². The Morgan fingerprint density at radius 1 is 1.26 bits per heavy atom. The molecule has 1 aliphatic heterocycles. The van der Waals surface area contributed by atoms with Crippen molar-refractivity contribution in [2.24, 2.45) is 5.92 Å². The number of esters is 1. The Morgan fingerprint density at radius 3 is 2.35 bits per heavy atom. The molecule has 0 unspecified atom stereocenters. The van der Waals surface area contributed by atoms with Crippen LogP contribution in [0.4, 0.5) is 10.5 Å². The quantitative estimate of drug-likeness (QED) is 0.192. The third kappa shape index (κ3) is 5.35. The number of thioether (sulfide) groups is 1. The minimum atomic E-state index is -0.965. The molecule has 0 bridgehead atoms. The largest absolute Gasteiger partial charge is 0.508 e. The van der Waals surface area contributed by atoms with Crippen molar-refractivity contribution in [1.82, 2.24) is 4.90 Å². The van der Waals surface area contributed by atoms with Crippen molar-refractivity contribution >= 4 is 35.5 Å². The number of non-ortho nitro benzene ring substituents is 1. The molecule has 1 heterocycles. The van der Waals surface area contributed by atoms with E-state index in [0.29, 0.717) is 11.1 Å². The molecule has 3 atom stereocenters. The Balaban J connectivity index is 1.98. The Hall–Kier alpha value is -3.08. The van der Waals surface area contributed by atoms with Crippen LogP contribution < -0.4 is 0 Å². The van der Waals surface area contributed by atoms with E-state index in [9.17, 15) is 24.5 Å². The van der Waals surface area contributed by atoms with Gasteiger partial charge >= 0.3 is 12.1 Å². The summed E-state index contributed by atoms with van der Waals surface area (Å²) in [6.07, 6.45) is 0.0328. The average Bonchev–Trinajstić information content (AvgIpc) is 2.73. The van der Waals surface area contributed by atoms with E-state index < -0.39 is 34.4 Å². The lowest BCUT2D eigenvalue weighted by atomic mass is 9.91. The van der Waals surface area contributed by atoms with Crippen molar-refractivity contribution in [1.29, 1.82) is 0 Å². The van der Waals surface area contributed by atoms with E-state index in [1.54, 1.807) is 27.0 Å². The first-order valence-corrected chi connectivity index (χ1v) is 10.6. The highest BCUT2D eigenvalue weighted by Gasteiger charge is 2.54. The number of ether oxygens (including phenoxy) is 3. The van der Waals surface area contributed by atoms with Gasteiger partial charge in [0.15, 0.2) is 0 Å². The number of methoxy groups -OCH3 is 1. The Morgan fingerprint density at radius 2 is 1.87 bits per heavy atom. The number of likely N-dealkylation sites (tertiary alicyclic amines) is 1. The topological polar surface area (TPSA) is 125 Å². The molecule has 0 saturated carbocycles. The van der Waals surface area contributed by atoms with Gasteiger partial charge in [0.1, 0.15) is 24.3 Å². The fourth-order valence-electron chi connectivity index (χ4n) is 3.16. The zero-order valence-electron chi connectivity index (χ0n) is 17.8. The summed E-state index contributed by atoms with van der Waals surface area (Å²) in [5, 5.41) is 10.3. The fraction of sp³-hybridized carbons (Fsp3) is 0.450. The van der Waals surface area contributed by atoms with Gasteiger partial charge in [0, 0.05) is 12.1 Å². The molecule has 0 aliphatic carbocycles. The number of carbonyl (C=O) groups excluding carboxylic acids is 3. The van der Waals surface area contributed by atoms with Crippen LogP contribution >= 0.6 is 11.8 Å². The number of nitro benzene ring substituents is 1. The second-order valence-corrected chi connectivity index (χ2v) is 7.94. The van der Waals surface area contributed by atoms with Crippen LogP contribution in [0.15, 0.2) is 35.5 Å². The Kier molecular flexibility index (Phi) is 8.03. The lowest BCUT2D eigenvalue weighted by Gasteiger charge is -2.48. The molecular weight excluding hydrogens is 428 g/mol. The second-order valence-electron chi connectivity index (χ2n) is 6.99. The number of carbonyl (C=O) groups is 3. The van der Waals surface area contributed by atoms with E-state index in [0.717, 1.165) is 0 Å². The normalized spacial score (nSPS) is 18.5. The number of β-lactam (4-membered cyclic amide) rings is 1. The summed E-state index contributed by atoms with van der Waals surface area (Å²) < 4.78 is 15.1. The highest BCUT2D eigenvalue weighted by Crippen LogP contribution is 2.41. The second kappa shape index (κ2) is 10.3. The number of nitro groups is 1. The molecule has 2 rings (SSSR count). The first kappa shape index (κ1) is 24.2. The summed E-state index contributed by atoms with van der Waals surface area (Å²) in [5.41, 5.74) is 1.29. The number of allylic oxidation sites excluding steroid dienone is 1. The average molecular weight is 452 g/mol. The molecule has 0 aromatic heterocycles. The van der Waals surface area contributed by atoms with E-state index in [1.165, 1.54) is 48.0 Å². The number of rotatable bonds is 8. The standard InChI is InChI=1S/C20H24N2O8S/c1-11(2)16(19(24)28-4)21-17(23)15(18(21)31-5)12(3)30-20(25)29-10-13-6-8-14(9-7-13)22(26)27/h6-9,12,15,18H,10H2,1-5H3/t12-,15+,18-/m1/s1. The van der Waals surface area contributed by atoms with Gasteiger partial charge in [-0.25, -0.2) is 9.59 Å². The lowest BCUT2D eigenvalue weighted by Crippen LogP contribution is -2.63. The maximum absolute atomic E-state index is 12.8. The molecule has 1 saturated heterocycles. The molecule has 1 aromatic rings. The third-order valence-corrected chi connectivity index (χ3v) is 5.70. The molecule has 10 nitrogen and oxygen atoms in total. The summed E-state index contributed by atoms with van der Waals surface area (Å²) in [7, 11) is 1.24. The molecule has 0 radical (unpaired) electrons. The SMILES string of the molecule is COC(=O)C(=C(C)C)N1C(=O)[C@H]([C@@H](C)OC(=O)OCc2ccc([N+](=O)[O-])cc2)[C@H]1SC. The highest BCUT2D eigenvalue weighted by molar-refractivity contribution is 7.99. The predicted octanol–water partition coefficient (Wildman–Crippen LogP) is 3.25. The number of benzene rings is 1. The zero-order chi connectivity index (χ0) is 23.3. The summed E-state index contributed by atoms with van der Waals surface area (Å²) in [4.78, 5) is 48.4. The number of hydrogen-bond donors (Lipinski definition) is 0. The third-order valence-electron chi connectivity index (χ3n) is 4.71. The van der Waals surface area contributed by atoms with Crippen LogP contribution in [0, 0.1) is 16.0 Å². The van der Waals surface area contributed by atoms with Crippen LogP contribution in [0.5, 0.6) is 0 Å². The van der Waals surface area contributed by atoms with Gasteiger partial charge in [-0.1, -0.05) is 0 Å². The highest BCUT2D eigenvalue weighted by atomic mass is 32.2. The monoisotopic (exact) mass is 452 g/mol. The summed E-state index contributed by atoms with van der Waals surface area (Å²) in [6, 6.07) is 5.55. The summed E-state index contributed by atoms with van der Waals surface area (Å²) in [5.74, 6) is -1.61. The van der Waals surface area contributed by atoms with Crippen molar-refractivity contribution in [2.45, 2.75) is 38.9 Å². The molecule has 1 aromatic carbocycles. The van der Waals surface area contributed by atoms with Crippen LogP contribution in [0.1, 0.15) is 26.3 Å². The van der Waals surface area contributed by atoms with Crippen molar-refractivity contribution in [3.8, 4) is 0 Å². The van der Waals surface area contributed by atoms with E-state index in [-0.39, 0.29) is 23.9 Å². The summed E-state index contributed by atoms with van der Waals surface area (Å²) in [6.45, 7) is 4.86. The Bertz CT molecular complexity index is 895. The van der Waals surface area contributed by atoms with Crippen LogP contribution in [0.2, 0.25) is 0 Å². The molecule has 1 aliphatic rings. The van der Waals surface area contributed by atoms with Crippen molar-refractivity contribution in [2.75, 3.05) is 13.4 Å². The maximum atomic E-state index is 12.8. The molecule has 1 amide bonds. The fourth-order valence-corrected chi connectivity index (χ4v) is 4.21. The number of hydrogen-bond acceptors (Lipinski definition) is 9. The Labute approximate surface area is 183 Å². The van der Waals surface area contributed by atoms with Crippen LogP contribution in [-0.4, -0.2) is 52.7 Å². The molecule has 168 valence electrons. The van der Waals surface area contributed by atoms with Crippen molar-refractivity contribution in [3.05, 3.63) is 51.2 Å². The van der Waals surface area contributed by atoms with Gasteiger partial charge in [0.25, 0.3) is 5.69 Å². The smallest absolute Gasteiger partial charge is 0.464 e. The predicted molar refractivity (Wildman–Crippen MR) is 112 cm³/mol. The van der Waals surface area contributed by atoms with Crippen molar-refractivity contribution < 1.29 is 33.5 Å². The lowest BCUT2D eigenvalue weighted by molar-refractivity contribution is -0.384. The zero-order valence-corrected chi connectivity index (χ0v) is 18.6. The minimum absolute atomic E-state index is 0.0706. The van der Waals surface area contributed by atoms with Crippen LogP contribution in [0.3, 0.4) is 0 Å². The van der Waals surface area contributed by atoms with E-state index in [1.807, 2.05) is 0 Å². The number of amides is 1. The minimum Gasteiger partial charge on any atom is -0.464 e. The first-order valence-electron chi connectivity index (χ1n) is 9.30. The van der Waals surface area contributed by atoms with Gasteiger partial charge in [-0.15, -0.1) is 11.8 Å². The van der Waals surface area contributed by atoms with Gasteiger partial charge in [-0.3, -0.25) is 19.8 Å². The maximum Gasteiger partial charge on any atom is 0.508 e. The first-order chi connectivity index (χ1) is 14.6. The molecule has 0 spiro atoms. The van der Waals surface area contributed by atoms with Gasteiger partial charge in [0.05, 0.1) is 17.4 Å².